The molecule has 1 N–H and O–H groups in total. The van der Waals surface area contributed by atoms with Gasteiger partial charge in [-0.15, -0.1) is 0 Å². The highest BCUT2D eigenvalue weighted by Gasteiger charge is 2.21. The Labute approximate surface area is 161 Å². The van der Waals surface area contributed by atoms with E-state index in [0.717, 1.165) is 30.8 Å². The molecule has 1 unspecified atom stereocenters. The summed E-state index contributed by atoms with van der Waals surface area (Å²) in [6.07, 6.45) is 2.78. The maximum absolute atomic E-state index is 12.7. The molecule has 0 aliphatic carbocycles. The average molecular weight is 368 g/mol. The SMILES string of the molecule is COc1ccc(CC(=O)NC(CN2CCCC2)c2ccccc2)cc1OC. The molecule has 27 heavy (non-hydrogen) atoms. The first-order valence-corrected chi connectivity index (χ1v) is 9.47. The van der Waals surface area contributed by atoms with E-state index in [0.29, 0.717) is 17.9 Å². The van der Waals surface area contributed by atoms with Crippen LogP contribution in [0.2, 0.25) is 0 Å². The Kier molecular flexibility index (Phi) is 6.71. The number of likely N-dealkylation sites (tertiary alicyclic amines) is 1. The molecule has 0 saturated carbocycles. The minimum Gasteiger partial charge on any atom is -0.493 e. The zero-order chi connectivity index (χ0) is 19.1. The van der Waals surface area contributed by atoms with E-state index in [1.807, 2.05) is 36.4 Å². The lowest BCUT2D eigenvalue weighted by Crippen LogP contribution is -2.37. The molecule has 3 rings (SSSR count). The van der Waals surface area contributed by atoms with Crippen molar-refractivity contribution >= 4 is 5.91 Å². The molecule has 1 saturated heterocycles. The molecule has 5 nitrogen and oxygen atoms in total. The molecular formula is C22H28N2O3. The summed E-state index contributed by atoms with van der Waals surface area (Å²) in [5.74, 6) is 1.31. The first-order chi connectivity index (χ1) is 13.2. The molecule has 1 amide bonds. The van der Waals surface area contributed by atoms with Gasteiger partial charge in [0.25, 0.3) is 0 Å². The van der Waals surface area contributed by atoms with E-state index < -0.39 is 0 Å². The zero-order valence-corrected chi connectivity index (χ0v) is 16.1. The van der Waals surface area contributed by atoms with Crippen molar-refractivity contribution in [1.29, 1.82) is 0 Å². The van der Waals surface area contributed by atoms with Crippen molar-refractivity contribution < 1.29 is 14.3 Å². The van der Waals surface area contributed by atoms with Gasteiger partial charge in [-0.3, -0.25) is 4.79 Å². The highest BCUT2D eigenvalue weighted by Crippen LogP contribution is 2.27. The second-order valence-corrected chi connectivity index (χ2v) is 6.90. The third-order valence-electron chi connectivity index (χ3n) is 4.99. The average Bonchev–Trinajstić information content (AvgIpc) is 3.21. The predicted molar refractivity (Wildman–Crippen MR) is 106 cm³/mol. The zero-order valence-electron chi connectivity index (χ0n) is 16.1. The summed E-state index contributed by atoms with van der Waals surface area (Å²) < 4.78 is 10.6. The molecule has 1 aliphatic rings. The Hall–Kier alpha value is -2.53. The third-order valence-corrected chi connectivity index (χ3v) is 4.99. The number of benzene rings is 2. The predicted octanol–water partition coefficient (Wildman–Crippen LogP) is 3.20. The number of methoxy groups -OCH3 is 2. The molecule has 1 heterocycles. The fourth-order valence-corrected chi connectivity index (χ4v) is 3.56. The van der Waals surface area contributed by atoms with Crippen molar-refractivity contribution in [2.24, 2.45) is 0 Å². The summed E-state index contributed by atoms with van der Waals surface area (Å²) in [4.78, 5) is 15.1. The number of nitrogens with zero attached hydrogens (tertiary/aromatic N) is 1. The highest BCUT2D eigenvalue weighted by atomic mass is 16.5. The van der Waals surface area contributed by atoms with Crippen LogP contribution in [-0.2, 0) is 11.2 Å². The summed E-state index contributed by atoms with van der Waals surface area (Å²) in [5.41, 5.74) is 2.04. The monoisotopic (exact) mass is 368 g/mol. The van der Waals surface area contributed by atoms with E-state index in [4.69, 9.17) is 9.47 Å². The van der Waals surface area contributed by atoms with E-state index in [-0.39, 0.29) is 11.9 Å². The maximum Gasteiger partial charge on any atom is 0.224 e. The number of ether oxygens (including phenoxy) is 2. The Morgan fingerprint density at radius 1 is 1.04 bits per heavy atom. The van der Waals surface area contributed by atoms with Crippen molar-refractivity contribution in [2.75, 3.05) is 33.9 Å². The van der Waals surface area contributed by atoms with E-state index in [1.54, 1.807) is 14.2 Å². The Morgan fingerprint density at radius 2 is 1.74 bits per heavy atom. The van der Waals surface area contributed by atoms with Crippen LogP contribution in [0, 0.1) is 0 Å². The summed E-state index contributed by atoms with van der Waals surface area (Å²) in [6, 6.07) is 15.8. The number of carbonyl (C=O) groups is 1. The lowest BCUT2D eigenvalue weighted by atomic mass is 10.1. The summed E-state index contributed by atoms with van der Waals surface area (Å²) in [6.45, 7) is 3.06. The first-order valence-electron chi connectivity index (χ1n) is 9.47. The normalized spacial score (nSPS) is 15.3. The highest BCUT2D eigenvalue weighted by molar-refractivity contribution is 5.79. The molecule has 1 aliphatic heterocycles. The van der Waals surface area contributed by atoms with Crippen molar-refractivity contribution in [3.05, 3.63) is 59.7 Å². The molecule has 1 atom stereocenters. The van der Waals surface area contributed by atoms with Crippen LogP contribution in [0.1, 0.15) is 30.0 Å². The van der Waals surface area contributed by atoms with Gasteiger partial charge in [0.15, 0.2) is 11.5 Å². The molecule has 0 bridgehead atoms. The Morgan fingerprint density at radius 3 is 2.41 bits per heavy atom. The fourth-order valence-electron chi connectivity index (χ4n) is 3.56. The van der Waals surface area contributed by atoms with Gasteiger partial charge in [0, 0.05) is 6.54 Å². The topological polar surface area (TPSA) is 50.8 Å². The number of amides is 1. The van der Waals surface area contributed by atoms with Crippen molar-refractivity contribution in [1.82, 2.24) is 10.2 Å². The molecule has 1 fully saturated rings. The van der Waals surface area contributed by atoms with Gasteiger partial charge < -0.3 is 19.7 Å². The van der Waals surface area contributed by atoms with E-state index in [9.17, 15) is 4.79 Å². The molecule has 144 valence electrons. The quantitative estimate of drug-likeness (QED) is 0.777. The largest absolute Gasteiger partial charge is 0.493 e. The van der Waals surface area contributed by atoms with Crippen LogP contribution in [0.3, 0.4) is 0 Å². The molecule has 0 spiro atoms. The molecule has 0 radical (unpaired) electrons. The van der Waals surface area contributed by atoms with Gasteiger partial charge in [-0.05, 0) is 49.2 Å². The Bertz CT molecular complexity index is 742. The third kappa shape index (κ3) is 5.23. The van der Waals surface area contributed by atoms with Gasteiger partial charge in [-0.1, -0.05) is 36.4 Å². The second-order valence-electron chi connectivity index (χ2n) is 6.90. The standard InChI is InChI=1S/C22H28N2O3/c1-26-20-11-10-17(14-21(20)27-2)15-22(25)23-19(16-24-12-6-7-13-24)18-8-4-3-5-9-18/h3-5,8-11,14,19H,6-7,12-13,15-16H2,1-2H3,(H,23,25). The summed E-state index contributed by atoms with van der Waals surface area (Å²) in [5, 5.41) is 3.22. The van der Waals surface area contributed by atoms with Crippen LogP contribution in [0.25, 0.3) is 0 Å². The molecule has 0 aromatic heterocycles. The van der Waals surface area contributed by atoms with Gasteiger partial charge in [-0.2, -0.15) is 0 Å². The van der Waals surface area contributed by atoms with Gasteiger partial charge in [0.05, 0.1) is 26.7 Å². The smallest absolute Gasteiger partial charge is 0.224 e. The van der Waals surface area contributed by atoms with Crippen LogP contribution in [0.15, 0.2) is 48.5 Å². The lowest BCUT2D eigenvalue weighted by molar-refractivity contribution is -0.121. The second kappa shape index (κ2) is 9.42. The minimum absolute atomic E-state index is 0.00283. The minimum atomic E-state index is -0.00283. The van der Waals surface area contributed by atoms with Crippen LogP contribution in [0.5, 0.6) is 11.5 Å². The molecule has 2 aromatic rings. The van der Waals surface area contributed by atoms with Crippen LogP contribution in [-0.4, -0.2) is 44.7 Å². The molecule has 2 aromatic carbocycles. The number of hydrogen-bond donors (Lipinski definition) is 1. The van der Waals surface area contributed by atoms with E-state index in [2.05, 4.69) is 22.3 Å². The van der Waals surface area contributed by atoms with Crippen molar-refractivity contribution in [3.8, 4) is 11.5 Å². The van der Waals surface area contributed by atoms with Crippen LogP contribution in [0.4, 0.5) is 0 Å². The number of nitrogens with one attached hydrogen (secondary N) is 1. The van der Waals surface area contributed by atoms with Gasteiger partial charge in [0.1, 0.15) is 0 Å². The van der Waals surface area contributed by atoms with Gasteiger partial charge in [0.2, 0.25) is 5.91 Å². The lowest BCUT2D eigenvalue weighted by Gasteiger charge is -2.25. The first kappa shape index (κ1) is 19.2. The Balaban J connectivity index is 1.68. The number of rotatable bonds is 8. The molecular weight excluding hydrogens is 340 g/mol. The van der Waals surface area contributed by atoms with Crippen LogP contribution < -0.4 is 14.8 Å². The van der Waals surface area contributed by atoms with E-state index in [1.165, 1.54) is 12.8 Å². The van der Waals surface area contributed by atoms with E-state index >= 15 is 0 Å². The van der Waals surface area contributed by atoms with Crippen LogP contribution >= 0.6 is 0 Å². The fraction of sp³-hybridized carbons (Fsp3) is 0.409. The van der Waals surface area contributed by atoms with Crippen molar-refractivity contribution in [3.63, 3.8) is 0 Å². The maximum atomic E-state index is 12.7. The number of hydrogen-bond acceptors (Lipinski definition) is 4. The molecule has 5 heteroatoms. The van der Waals surface area contributed by atoms with Gasteiger partial charge >= 0.3 is 0 Å². The summed E-state index contributed by atoms with van der Waals surface area (Å²) in [7, 11) is 3.20. The van der Waals surface area contributed by atoms with Crippen molar-refractivity contribution in [2.45, 2.75) is 25.3 Å². The number of carbonyl (C=O) groups excluding carboxylic acids is 1. The van der Waals surface area contributed by atoms with Gasteiger partial charge in [-0.25, -0.2) is 0 Å². The summed E-state index contributed by atoms with van der Waals surface area (Å²) >= 11 is 0.